The first-order chi connectivity index (χ1) is 10.9. The Morgan fingerprint density at radius 1 is 1.09 bits per heavy atom. The Kier molecular flexibility index (Phi) is 4.22. The van der Waals surface area contributed by atoms with Gasteiger partial charge in [-0.2, -0.15) is 0 Å². The summed E-state index contributed by atoms with van der Waals surface area (Å²) in [6.45, 7) is 5.96. The third kappa shape index (κ3) is 2.66. The van der Waals surface area contributed by atoms with E-state index < -0.39 is 5.92 Å². The summed E-state index contributed by atoms with van der Waals surface area (Å²) in [5.41, 5.74) is 6.57. The quantitative estimate of drug-likeness (QED) is 0.804. The van der Waals surface area contributed by atoms with Crippen molar-refractivity contribution in [3.8, 4) is 0 Å². The lowest BCUT2D eigenvalue weighted by molar-refractivity contribution is -0.142. The Hall–Kier alpha value is -1.77. The van der Waals surface area contributed by atoms with Crippen LogP contribution >= 0.6 is 0 Å². The number of hydrogen-bond donors (Lipinski definition) is 0. The number of fused-ring (bicyclic) bond motifs is 1. The molecule has 0 aromatic heterocycles. The highest BCUT2D eigenvalue weighted by atomic mass is 16.2. The van der Waals surface area contributed by atoms with E-state index in [1.165, 1.54) is 28.7 Å². The second-order valence-corrected chi connectivity index (χ2v) is 7.01. The van der Waals surface area contributed by atoms with Gasteiger partial charge in [-0.1, -0.05) is 13.0 Å². The largest absolute Gasteiger partial charge is 0.298 e. The van der Waals surface area contributed by atoms with Crippen LogP contribution in [0.5, 0.6) is 0 Å². The van der Waals surface area contributed by atoms with Crippen LogP contribution in [0.25, 0.3) is 0 Å². The Balaban J connectivity index is 1.93. The van der Waals surface area contributed by atoms with Crippen molar-refractivity contribution >= 4 is 17.3 Å². The minimum atomic E-state index is -0.993. The second-order valence-electron chi connectivity index (χ2n) is 7.01. The Morgan fingerprint density at radius 2 is 1.70 bits per heavy atom. The third-order valence-electron chi connectivity index (χ3n) is 5.60. The molecule has 0 spiro atoms. The van der Waals surface area contributed by atoms with E-state index in [0.717, 1.165) is 18.4 Å². The van der Waals surface area contributed by atoms with E-state index >= 15 is 0 Å². The van der Waals surface area contributed by atoms with E-state index in [4.69, 9.17) is 0 Å². The number of ketones is 3. The fraction of sp³-hybridized carbons (Fsp3) is 0.550. The highest BCUT2D eigenvalue weighted by Gasteiger charge is 2.40. The molecule has 0 N–H and O–H groups in total. The number of benzene rings is 1. The van der Waals surface area contributed by atoms with E-state index in [9.17, 15) is 14.4 Å². The van der Waals surface area contributed by atoms with Crippen LogP contribution in [0.15, 0.2) is 6.07 Å². The van der Waals surface area contributed by atoms with Gasteiger partial charge in [-0.3, -0.25) is 14.4 Å². The van der Waals surface area contributed by atoms with Crippen molar-refractivity contribution in [2.75, 3.05) is 0 Å². The molecule has 23 heavy (non-hydrogen) atoms. The van der Waals surface area contributed by atoms with Crippen molar-refractivity contribution in [3.05, 3.63) is 33.9 Å². The van der Waals surface area contributed by atoms with Crippen molar-refractivity contribution in [3.63, 3.8) is 0 Å². The van der Waals surface area contributed by atoms with Crippen molar-refractivity contribution in [1.82, 2.24) is 0 Å². The number of aryl methyl sites for hydroxylation is 1. The summed E-state index contributed by atoms with van der Waals surface area (Å²) >= 11 is 0. The molecule has 0 amide bonds. The maximum atomic E-state index is 12.4. The highest BCUT2D eigenvalue weighted by Crippen LogP contribution is 2.39. The number of hydrogen-bond acceptors (Lipinski definition) is 3. The molecule has 3 rings (SSSR count). The van der Waals surface area contributed by atoms with Crippen LogP contribution in [0.3, 0.4) is 0 Å². The summed E-state index contributed by atoms with van der Waals surface area (Å²) in [6, 6.07) is 2.17. The molecular weight excluding hydrogens is 288 g/mol. The van der Waals surface area contributed by atoms with Gasteiger partial charge in [0.25, 0.3) is 0 Å². The van der Waals surface area contributed by atoms with Crippen LogP contribution < -0.4 is 0 Å². The molecule has 1 aromatic carbocycles. The molecule has 0 unspecified atom stereocenters. The van der Waals surface area contributed by atoms with Gasteiger partial charge in [0.2, 0.25) is 0 Å². The van der Waals surface area contributed by atoms with Gasteiger partial charge in [-0.05, 0) is 66.8 Å². The fourth-order valence-corrected chi connectivity index (χ4v) is 4.38. The van der Waals surface area contributed by atoms with Crippen LogP contribution in [0, 0.1) is 19.8 Å². The van der Waals surface area contributed by atoms with Gasteiger partial charge < -0.3 is 0 Å². The zero-order valence-electron chi connectivity index (χ0n) is 14.2. The van der Waals surface area contributed by atoms with Gasteiger partial charge in [0, 0.05) is 19.3 Å². The van der Waals surface area contributed by atoms with Gasteiger partial charge in [-0.25, -0.2) is 0 Å². The van der Waals surface area contributed by atoms with Gasteiger partial charge in [0.15, 0.2) is 17.3 Å². The van der Waals surface area contributed by atoms with E-state index in [1.807, 2.05) is 0 Å². The smallest absolute Gasteiger partial charge is 0.151 e. The maximum absolute atomic E-state index is 12.4. The zero-order chi connectivity index (χ0) is 16.7. The van der Waals surface area contributed by atoms with E-state index in [1.54, 1.807) is 6.92 Å². The molecule has 0 saturated heterocycles. The molecule has 122 valence electrons. The van der Waals surface area contributed by atoms with Gasteiger partial charge >= 0.3 is 0 Å². The van der Waals surface area contributed by atoms with Crippen molar-refractivity contribution in [1.29, 1.82) is 0 Å². The lowest BCUT2D eigenvalue weighted by atomic mass is 9.73. The summed E-state index contributed by atoms with van der Waals surface area (Å²) in [7, 11) is 0. The van der Waals surface area contributed by atoms with E-state index in [2.05, 4.69) is 19.9 Å². The molecular formula is C20H24O3. The van der Waals surface area contributed by atoms with Crippen molar-refractivity contribution in [2.24, 2.45) is 5.92 Å². The van der Waals surface area contributed by atoms with Gasteiger partial charge in [0.05, 0.1) is 0 Å². The molecule has 0 atom stereocenters. The molecule has 3 heteroatoms. The average Bonchev–Trinajstić information content (AvgIpc) is 3.00. The number of carbonyl (C=O) groups is 3. The van der Waals surface area contributed by atoms with Crippen molar-refractivity contribution in [2.45, 2.75) is 65.2 Å². The number of Topliss-reactive ketones (excluding diaryl/α,β-unsaturated/α-hetero) is 3. The summed E-state index contributed by atoms with van der Waals surface area (Å²) in [6.07, 6.45) is 4.32. The lowest BCUT2D eigenvalue weighted by Gasteiger charge is -2.28. The average molecular weight is 312 g/mol. The topological polar surface area (TPSA) is 51.2 Å². The predicted octanol–water partition coefficient (Wildman–Crippen LogP) is 3.40. The number of rotatable bonds is 3. The first kappa shape index (κ1) is 16.1. The highest BCUT2D eigenvalue weighted by molar-refractivity contribution is 6.20. The lowest BCUT2D eigenvalue weighted by Crippen LogP contribution is -2.38. The summed E-state index contributed by atoms with van der Waals surface area (Å²) < 4.78 is 0. The van der Waals surface area contributed by atoms with Crippen LogP contribution in [0.4, 0.5) is 0 Å². The standard InChI is InChI=1S/C20H24O3/c1-4-17(21)20-18(22)9-13(10-19(20)23)16-8-11(2)14-6-5-7-15(14)12(16)3/h8,13,20H,4-7,9-10H2,1-3H3. The van der Waals surface area contributed by atoms with E-state index in [-0.39, 0.29) is 29.7 Å². The Labute approximate surface area is 137 Å². The molecule has 1 saturated carbocycles. The first-order valence-corrected chi connectivity index (χ1v) is 8.64. The maximum Gasteiger partial charge on any atom is 0.151 e. The van der Waals surface area contributed by atoms with Gasteiger partial charge in [0.1, 0.15) is 5.92 Å². The fourth-order valence-electron chi connectivity index (χ4n) is 4.38. The zero-order valence-corrected chi connectivity index (χ0v) is 14.2. The molecule has 2 aliphatic carbocycles. The van der Waals surface area contributed by atoms with Crippen LogP contribution in [-0.2, 0) is 27.2 Å². The molecule has 3 nitrogen and oxygen atoms in total. The molecule has 1 aromatic rings. The molecule has 0 bridgehead atoms. The van der Waals surface area contributed by atoms with Crippen molar-refractivity contribution < 1.29 is 14.4 Å². The molecule has 0 heterocycles. The van der Waals surface area contributed by atoms with Crippen LogP contribution in [-0.4, -0.2) is 17.3 Å². The minimum Gasteiger partial charge on any atom is -0.298 e. The van der Waals surface area contributed by atoms with E-state index in [0.29, 0.717) is 12.8 Å². The number of carbonyl (C=O) groups excluding carboxylic acids is 3. The molecule has 2 aliphatic rings. The molecule has 0 aliphatic heterocycles. The van der Waals surface area contributed by atoms with Gasteiger partial charge in [-0.15, -0.1) is 0 Å². The SMILES string of the molecule is CCC(=O)C1C(=O)CC(c2cc(C)c3c(c2C)CCC3)CC1=O. The second kappa shape index (κ2) is 6.03. The summed E-state index contributed by atoms with van der Waals surface area (Å²) in [5.74, 6) is -1.64. The normalized spacial score (nSPS) is 24.0. The molecule has 1 fully saturated rings. The first-order valence-electron chi connectivity index (χ1n) is 8.64. The molecule has 0 radical (unpaired) electrons. The monoisotopic (exact) mass is 312 g/mol. The van der Waals surface area contributed by atoms with Crippen LogP contribution in [0.2, 0.25) is 0 Å². The van der Waals surface area contributed by atoms with Crippen LogP contribution in [0.1, 0.15) is 66.3 Å². The Bertz CT molecular complexity index is 681. The summed E-state index contributed by atoms with van der Waals surface area (Å²) in [4.78, 5) is 36.6. The predicted molar refractivity (Wildman–Crippen MR) is 88.7 cm³/mol. The Morgan fingerprint density at radius 3 is 2.30 bits per heavy atom. The minimum absolute atomic E-state index is 0.0551. The summed E-state index contributed by atoms with van der Waals surface area (Å²) in [5, 5.41) is 0. The third-order valence-corrected chi connectivity index (χ3v) is 5.60.